The van der Waals surface area contributed by atoms with Crippen LogP contribution in [-0.4, -0.2) is 35.6 Å². The molecular weight excluding hydrogens is 489 g/mol. The largest absolute Gasteiger partial charge is 0.361 e. The molecule has 0 aliphatic rings. The van der Waals surface area contributed by atoms with Gasteiger partial charge in [0, 0.05) is 55.5 Å². The van der Waals surface area contributed by atoms with E-state index in [1.165, 1.54) is 22.0 Å². The van der Waals surface area contributed by atoms with Crippen molar-refractivity contribution in [1.29, 1.82) is 0 Å². The van der Waals surface area contributed by atoms with Crippen LogP contribution in [0.25, 0.3) is 10.9 Å². The Balaban J connectivity index is 0.00000320. The third-order valence-electron chi connectivity index (χ3n) is 5.20. The Morgan fingerprint density at radius 1 is 1.10 bits per heavy atom. The predicted octanol–water partition coefficient (Wildman–Crippen LogP) is 3.75. The van der Waals surface area contributed by atoms with E-state index >= 15 is 0 Å². The minimum absolute atomic E-state index is 0. The number of aromatic amines is 1. The summed E-state index contributed by atoms with van der Waals surface area (Å²) in [5, 5.41) is 8.02. The first-order chi connectivity index (χ1) is 14.1. The van der Waals surface area contributed by atoms with E-state index in [0.717, 1.165) is 50.6 Å². The Bertz CT molecular complexity index is 1040. The van der Waals surface area contributed by atoms with Crippen LogP contribution in [0.1, 0.15) is 29.7 Å². The van der Waals surface area contributed by atoms with Gasteiger partial charge in [0.2, 0.25) is 0 Å². The molecule has 0 saturated heterocycles. The van der Waals surface area contributed by atoms with Crippen molar-refractivity contribution in [3.63, 3.8) is 0 Å². The fourth-order valence-corrected chi connectivity index (χ4v) is 3.55. The number of rotatable bonds is 8. The van der Waals surface area contributed by atoms with Gasteiger partial charge in [0.1, 0.15) is 0 Å². The van der Waals surface area contributed by atoms with Crippen molar-refractivity contribution in [2.45, 2.75) is 39.7 Å². The lowest BCUT2D eigenvalue weighted by molar-refractivity contribution is 0.575. The van der Waals surface area contributed by atoms with Crippen molar-refractivity contribution in [3.8, 4) is 0 Å². The maximum Gasteiger partial charge on any atom is 0.250 e. The highest BCUT2D eigenvalue weighted by atomic mass is 127. The lowest BCUT2D eigenvalue weighted by Gasteiger charge is -2.12. The molecule has 0 amide bonds. The monoisotopic (exact) mass is 521 g/mol. The van der Waals surface area contributed by atoms with E-state index in [2.05, 4.69) is 51.9 Å². The maximum absolute atomic E-state index is 11.9. The molecule has 3 N–H and O–H groups in total. The van der Waals surface area contributed by atoms with Crippen molar-refractivity contribution in [2.75, 3.05) is 20.1 Å². The van der Waals surface area contributed by atoms with Gasteiger partial charge in [-0.2, -0.15) is 0 Å². The zero-order valence-electron chi connectivity index (χ0n) is 18.0. The maximum atomic E-state index is 11.9. The molecular formula is C23H32IN5O. The molecule has 162 valence electrons. The zero-order chi connectivity index (χ0) is 20.6. The van der Waals surface area contributed by atoms with Crippen LogP contribution >= 0.6 is 24.0 Å². The first-order valence-corrected chi connectivity index (χ1v) is 10.3. The van der Waals surface area contributed by atoms with Crippen molar-refractivity contribution in [1.82, 2.24) is 20.2 Å². The van der Waals surface area contributed by atoms with Crippen molar-refractivity contribution >= 4 is 40.8 Å². The number of fused-ring (bicyclic) bond motifs is 1. The smallest absolute Gasteiger partial charge is 0.250 e. The molecule has 0 saturated carbocycles. The van der Waals surface area contributed by atoms with E-state index in [1.54, 1.807) is 13.1 Å². The normalized spacial score (nSPS) is 11.4. The Labute approximate surface area is 195 Å². The summed E-state index contributed by atoms with van der Waals surface area (Å²) in [4.78, 5) is 19.5. The summed E-state index contributed by atoms with van der Waals surface area (Å²) in [6.07, 6.45) is 4.95. The second kappa shape index (κ2) is 11.8. The van der Waals surface area contributed by atoms with Gasteiger partial charge in [0.15, 0.2) is 5.96 Å². The van der Waals surface area contributed by atoms with Crippen LogP contribution in [0.15, 0.2) is 52.4 Å². The van der Waals surface area contributed by atoms with E-state index in [9.17, 15) is 4.79 Å². The number of aliphatic imine (C=N–C) groups is 1. The number of hydrogen-bond acceptors (Lipinski definition) is 2. The first-order valence-electron chi connectivity index (χ1n) is 10.3. The van der Waals surface area contributed by atoms with E-state index in [4.69, 9.17) is 0 Å². The average molecular weight is 521 g/mol. The second-order valence-corrected chi connectivity index (χ2v) is 7.40. The minimum atomic E-state index is 0. The number of guanidine groups is 1. The fourth-order valence-electron chi connectivity index (χ4n) is 3.55. The molecule has 0 aliphatic heterocycles. The van der Waals surface area contributed by atoms with Crippen molar-refractivity contribution in [2.24, 2.45) is 4.99 Å². The molecule has 7 heteroatoms. The van der Waals surface area contributed by atoms with Crippen LogP contribution in [-0.2, 0) is 13.0 Å². The number of nitrogens with one attached hydrogen (secondary N) is 3. The summed E-state index contributed by atoms with van der Waals surface area (Å²) in [6.45, 7) is 6.47. The van der Waals surface area contributed by atoms with Crippen LogP contribution in [0.2, 0.25) is 0 Å². The molecule has 30 heavy (non-hydrogen) atoms. The van der Waals surface area contributed by atoms with Crippen molar-refractivity contribution in [3.05, 3.63) is 69.8 Å². The Morgan fingerprint density at radius 3 is 2.67 bits per heavy atom. The molecule has 0 radical (unpaired) electrons. The fraction of sp³-hybridized carbons (Fsp3) is 0.391. The number of aromatic nitrogens is 2. The van der Waals surface area contributed by atoms with Gasteiger partial charge >= 0.3 is 0 Å². The molecule has 0 bridgehead atoms. The zero-order valence-corrected chi connectivity index (χ0v) is 20.3. The lowest BCUT2D eigenvalue weighted by atomic mass is 10.1. The number of benzene rings is 1. The molecule has 0 spiro atoms. The molecule has 3 rings (SSSR count). The highest BCUT2D eigenvalue weighted by molar-refractivity contribution is 14.0. The number of halogens is 1. The number of H-pyrrole nitrogens is 1. The molecule has 0 unspecified atom stereocenters. The van der Waals surface area contributed by atoms with E-state index in [1.807, 2.05) is 23.6 Å². The third kappa shape index (κ3) is 6.35. The van der Waals surface area contributed by atoms with Crippen LogP contribution in [0.3, 0.4) is 0 Å². The van der Waals surface area contributed by atoms with E-state index in [0.29, 0.717) is 0 Å². The van der Waals surface area contributed by atoms with Gasteiger partial charge in [-0.1, -0.05) is 18.2 Å². The quantitative estimate of drug-likeness (QED) is 0.183. The summed E-state index contributed by atoms with van der Waals surface area (Å²) in [6, 6.07) is 11.9. The first kappa shape index (κ1) is 24.0. The molecule has 3 aromatic rings. The Kier molecular flexibility index (Phi) is 9.42. The van der Waals surface area contributed by atoms with Gasteiger partial charge in [-0.3, -0.25) is 9.79 Å². The number of unbranched alkanes of at least 4 members (excludes halogenated alkanes) is 1. The predicted molar refractivity (Wildman–Crippen MR) is 136 cm³/mol. The van der Waals surface area contributed by atoms with Gasteiger partial charge < -0.3 is 20.2 Å². The van der Waals surface area contributed by atoms with E-state index in [-0.39, 0.29) is 29.5 Å². The standard InChI is InChI=1S/C23H31N5O.HI/c1-17-9-10-20-19(16-27-21(20)15-17)11-13-26-23(24-3)25-12-4-5-14-28-18(2)7-6-8-22(28)29;/h6-10,15-16,27H,4-5,11-14H2,1-3H3,(H2,24,25,26);1H. The van der Waals surface area contributed by atoms with Gasteiger partial charge in [-0.15, -0.1) is 24.0 Å². The molecule has 0 aliphatic carbocycles. The SMILES string of the molecule is CN=C(NCCCCn1c(C)cccc1=O)NCCc1c[nH]c2cc(C)ccc12.I. The Hall–Kier alpha value is -2.29. The summed E-state index contributed by atoms with van der Waals surface area (Å²) < 4.78 is 1.83. The Morgan fingerprint density at radius 2 is 1.90 bits per heavy atom. The molecule has 2 aromatic heterocycles. The van der Waals surface area contributed by atoms with Gasteiger partial charge in [0.25, 0.3) is 5.56 Å². The van der Waals surface area contributed by atoms with Gasteiger partial charge in [-0.05, 0) is 56.4 Å². The van der Waals surface area contributed by atoms with Crippen LogP contribution < -0.4 is 16.2 Å². The topological polar surface area (TPSA) is 74.2 Å². The van der Waals surface area contributed by atoms with E-state index < -0.39 is 0 Å². The summed E-state index contributed by atoms with van der Waals surface area (Å²) in [5.74, 6) is 0.814. The molecule has 0 fully saturated rings. The second-order valence-electron chi connectivity index (χ2n) is 7.40. The highest BCUT2D eigenvalue weighted by Gasteiger charge is 2.05. The summed E-state index contributed by atoms with van der Waals surface area (Å²) >= 11 is 0. The number of pyridine rings is 1. The molecule has 0 atom stereocenters. The highest BCUT2D eigenvalue weighted by Crippen LogP contribution is 2.19. The number of nitrogens with zero attached hydrogens (tertiary/aromatic N) is 2. The van der Waals surface area contributed by atoms with Crippen molar-refractivity contribution < 1.29 is 0 Å². The molecule has 6 nitrogen and oxygen atoms in total. The number of aryl methyl sites for hydroxylation is 2. The van der Waals surface area contributed by atoms with Crippen LogP contribution in [0, 0.1) is 13.8 Å². The summed E-state index contributed by atoms with van der Waals surface area (Å²) in [7, 11) is 1.79. The molecule has 1 aromatic carbocycles. The van der Waals surface area contributed by atoms with Crippen LogP contribution in [0.5, 0.6) is 0 Å². The minimum Gasteiger partial charge on any atom is -0.361 e. The third-order valence-corrected chi connectivity index (χ3v) is 5.20. The molecule has 2 heterocycles. The average Bonchev–Trinajstić information content (AvgIpc) is 3.10. The van der Waals surface area contributed by atoms with Crippen LogP contribution in [0.4, 0.5) is 0 Å². The number of hydrogen-bond donors (Lipinski definition) is 3. The van der Waals surface area contributed by atoms with Gasteiger partial charge in [-0.25, -0.2) is 0 Å². The van der Waals surface area contributed by atoms with Gasteiger partial charge in [0.05, 0.1) is 0 Å². The lowest BCUT2D eigenvalue weighted by Crippen LogP contribution is -2.38. The summed E-state index contributed by atoms with van der Waals surface area (Å²) in [5.41, 5.74) is 4.85.